The Bertz CT molecular complexity index is 1270. The van der Waals surface area contributed by atoms with Crippen LogP contribution in [0, 0.1) is 0 Å². The van der Waals surface area contributed by atoms with Gasteiger partial charge in [-0.05, 0) is 54.2 Å². The van der Waals surface area contributed by atoms with Crippen molar-refractivity contribution in [1.29, 1.82) is 0 Å². The maximum atomic E-state index is 13.1. The third kappa shape index (κ3) is 5.25. The van der Waals surface area contributed by atoms with Gasteiger partial charge in [0, 0.05) is 18.7 Å². The van der Waals surface area contributed by atoms with E-state index in [1.165, 1.54) is 18.9 Å². The molecule has 2 aromatic carbocycles. The number of aliphatic imine (C=N–C) groups is 1. The zero-order chi connectivity index (χ0) is 24.1. The number of benzene rings is 2. The highest BCUT2D eigenvalue weighted by Crippen LogP contribution is 2.35. The van der Waals surface area contributed by atoms with Gasteiger partial charge in [0.05, 0.1) is 41.4 Å². The van der Waals surface area contributed by atoms with Crippen molar-refractivity contribution < 1.29 is 23.5 Å². The normalized spacial score (nSPS) is 16.0. The number of esters is 1. The van der Waals surface area contributed by atoms with Crippen LogP contribution in [-0.4, -0.2) is 49.3 Å². The molecule has 1 fully saturated rings. The van der Waals surface area contributed by atoms with Crippen LogP contribution in [0.15, 0.2) is 75.0 Å². The molecule has 0 unspecified atom stereocenters. The van der Waals surface area contributed by atoms with E-state index in [0.717, 1.165) is 5.69 Å². The zero-order valence-electron chi connectivity index (χ0n) is 18.5. The summed E-state index contributed by atoms with van der Waals surface area (Å²) in [6.45, 7) is 0.771. The average molecular weight is 497 g/mol. The number of amides is 1. The van der Waals surface area contributed by atoms with Gasteiger partial charge in [0.1, 0.15) is 11.5 Å². The van der Waals surface area contributed by atoms with E-state index in [2.05, 4.69) is 4.99 Å². The van der Waals surface area contributed by atoms with Crippen molar-refractivity contribution in [3.05, 3.63) is 81.9 Å². The second-order valence-corrected chi connectivity index (χ2v) is 8.59. The highest BCUT2D eigenvalue weighted by molar-refractivity contribution is 8.18. The van der Waals surface area contributed by atoms with E-state index in [1.54, 1.807) is 48.4 Å². The number of hydrogen-bond acceptors (Lipinski definition) is 7. The second-order valence-electron chi connectivity index (χ2n) is 7.18. The van der Waals surface area contributed by atoms with Crippen LogP contribution >= 0.6 is 23.4 Å². The molecular formula is C25H21ClN2O5S. The van der Waals surface area contributed by atoms with Crippen LogP contribution in [0.5, 0.6) is 0 Å². The number of ether oxygens (including phenoxy) is 2. The number of hydrogen-bond donors (Lipinski definition) is 0. The molecule has 1 aromatic heterocycles. The quantitative estimate of drug-likeness (QED) is 0.311. The third-order valence-corrected chi connectivity index (χ3v) is 6.28. The molecule has 0 spiro atoms. The molecule has 0 saturated carbocycles. The number of methoxy groups -OCH3 is 2. The van der Waals surface area contributed by atoms with Gasteiger partial charge in [-0.25, -0.2) is 9.79 Å². The van der Waals surface area contributed by atoms with Gasteiger partial charge < -0.3 is 13.9 Å². The average Bonchev–Trinajstić information content (AvgIpc) is 3.43. The molecule has 1 amide bonds. The molecule has 34 heavy (non-hydrogen) atoms. The van der Waals surface area contributed by atoms with Gasteiger partial charge in [0.15, 0.2) is 5.17 Å². The predicted octanol–water partition coefficient (Wildman–Crippen LogP) is 5.64. The Balaban J connectivity index is 1.62. The van der Waals surface area contributed by atoms with Crippen LogP contribution in [0.3, 0.4) is 0 Å². The number of amidine groups is 1. The Morgan fingerprint density at radius 3 is 2.68 bits per heavy atom. The lowest BCUT2D eigenvalue weighted by Crippen LogP contribution is -2.32. The van der Waals surface area contributed by atoms with Crippen molar-refractivity contribution in [1.82, 2.24) is 4.90 Å². The number of para-hydroxylation sites is 1. The first kappa shape index (κ1) is 23.8. The molecule has 0 bridgehead atoms. The Morgan fingerprint density at radius 2 is 1.94 bits per heavy atom. The van der Waals surface area contributed by atoms with Crippen molar-refractivity contribution in [3.8, 4) is 11.3 Å². The van der Waals surface area contributed by atoms with Crippen molar-refractivity contribution >= 4 is 52.2 Å². The molecule has 0 atom stereocenters. The van der Waals surface area contributed by atoms with Crippen LogP contribution in [0.4, 0.5) is 5.69 Å². The standard InChI is InChI=1S/C25H21ClN2O5S/c1-31-13-12-28-23(29)22(34-25(28)27-17-6-4-3-5-7-17)15-18-9-11-21(33-18)16-8-10-20(26)19(14-16)24(30)32-2/h3-11,14-15H,12-13H2,1-2H3/b22-15+,27-25?. The molecule has 7 nitrogen and oxygen atoms in total. The van der Waals surface area contributed by atoms with E-state index in [-0.39, 0.29) is 11.5 Å². The number of nitrogens with zero attached hydrogens (tertiary/aromatic N) is 2. The van der Waals surface area contributed by atoms with E-state index < -0.39 is 5.97 Å². The lowest BCUT2D eigenvalue weighted by Gasteiger charge is -2.14. The fourth-order valence-corrected chi connectivity index (χ4v) is 4.44. The van der Waals surface area contributed by atoms with Crippen molar-refractivity contribution in [2.75, 3.05) is 27.4 Å². The van der Waals surface area contributed by atoms with E-state index >= 15 is 0 Å². The fraction of sp³-hybridized carbons (Fsp3) is 0.160. The fourth-order valence-electron chi connectivity index (χ4n) is 3.24. The molecule has 2 heterocycles. The predicted molar refractivity (Wildman–Crippen MR) is 133 cm³/mol. The molecule has 3 aromatic rings. The SMILES string of the molecule is COCCN1C(=O)/C(=C\c2ccc(-c3ccc(Cl)c(C(=O)OC)c3)o2)SC1=Nc1ccccc1. The molecule has 4 rings (SSSR count). The van der Waals surface area contributed by atoms with E-state index in [0.29, 0.717) is 45.3 Å². The Hall–Kier alpha value is -3.33. The number of halogens is 1. The number of thioether (sulfide) groups is 1. The molecule has 0 N–H and O–H groups in total. The summed E-state index contributed by atoms with van der Waals surface area (Å²) in [7, 11) is 2.88. The molecule has 0 aliphatic carbocycles. The summed E-state index contributed by atoms with van der Waals surface area (Å²) in [6, 6.07) is 17.9. The number of rotatable bonds is 7. The second kappa shape index (κ2) is 10.7. The van der Waals surface area contributed by atoms with Crippen LogP contribution in [0.2, 0.25) is 5.02 Å². The Labute approximate surface area is 206 Å². The molecular weight excluding hydrogens is 476 g/mol. The summed E-state index contributed by atoms with van der Waals surface area (Å²) in [5.74, 6) is 0.316. The van der Waals surface area contributed by atoms with Gasteiger partial charge in [-0.3, -0.25) is 9.69 Å². The molecule has 1 aliphatic rings. The monoisotopic (exact) mass is 496 g/mol. The highest BCUT2D eigenvalue weighted by Gasteiger charge is 2.33. The van der Waals surface area contributed by atoms with Crippen LogP contribution < -0.4 is 0 Å². The largest absolute Gasteiger partial charge is 0.465 e. The molecule has 9 heteroatoms. The number of furan rings is 1. The minimum absolute atomic E-state index is 0.172. The van der Waals surface area contributed by atoms with Crippen molar-refractivity contribution in [3.63, 3.8) is 0 Å². The summed E-state index contributed by atoms with van der Waals surface area (Å²) >= 11 is 7.38. The highest BCUT2D eigenvalue weighted by atomic mass is 35.5. The lowest BCUT2D eigenvalue weighted by atomic mass is 10.1. The summed E-state index contributed by atoms with van der Waals surface area (Å²) in [6.07, 6.45) is 1.68. The Kier molecular flexibility index (Phi) is 7.52. The first-order valence-corrected chi connectivity index (χ1v) is 11.5. The van der Waals surface area contributed by atoms with Crippen molar-refractivity contribution in [2.24, 2.45) is 4.99 Å². The van der Waals surface area contributed by atoms with E-state index in [9.17, 15) is 9.59 Å². The Morgan fingerprint density at radius 1 is 1.15 bits per heavy atom. The third-order valence-electron chi connectivity index (χ3n) is 4.94. The summed E-state index contributed by atoms with van der Waals surface area (Å²) in [5, 5.41) is 0.866. The molecule has 1 saturated heterocycles. The summed E-state index contributed by atoms with van der Waals surface area (Å²) in [4.78, 5) is 31.7. The van der Waals surface area contributed by atoms with Gasteiger partial charge in [-0.2, -0.15) is 0 Å². The smallest absolute Gasteiger partial charge is 0.339 e. The zero-order valence-corrected chi connectivity index (χ0v) is 20.1. The van der Waals surface area contributed by atoms with Crippen LogP contribution in [0.25, 0.3) is 17.4 Å². The maximum Gasteiger partial charge on any atom is 0.339 e. The van der Waals surface area contributed by atoms with Gasteiger partial charge in [0.25, 0.3) is 5.91 Å². The molecule has 1 aliphatic heterocycles. The topological polar surface area (TPSA) is 81.3 Å². The minimum Gasteiger partial charge on any atom is -0.465 e. The van der Waals surface area contributed by atoms with Gasteiger partial charge in [-0.1, -0.05) is 29.8 Å². The summed E-state index contributed by atoms with van der Waals surface area (Å²) in [5.41, 5.74) is 1.66. The van der Waals surface area contributed by atoms with Gasteiger partial charge >= 0.3 is 5.97 Å². The number of carbonyl (C=O) groups excluding carboxylic acids is 2. The van der Waals surface area contributed by atoms with E-state index in [1.807, 2.05) is 30.3 Å². The van der Waals surface area contributed by atoms with Gasteiger partial charge in [0.2, 0.25) is 0 Å². The number of carbonyl (C=O) groups is 2. The lowest BCUT2D eigenvalue weighted by molar-refractivity contribution is -0.122. The maximum absolute atomic E-state index is 13.1. The molecule has 0 radical (unpaired) electrons. The van der Waals surface area contributed by atoms with E-state index in [4.69, 9.17) is 25.5 Å². The first-order valence-electron chi connectivity index (χ1n) is 10.3. The van der Waals surface area contributed by atoms with Crippen LogP contribution in [-0.2, 0) is 14.3 Å². The van der Waals surface area contributed by atoms with Crippen LogP contribution in [0.1, 0.15) is 16.1 Å². The molecule has 174 valence electrons. The minimum atomic E-state index is -0.532. The first-order chi connectivity index (χ1) is 16.5. The summed E-state index contributed by atoms with van der Waals surface area (Å²) < 4.78 is 15.9. The van der Waals surface area contributed by atoms with Crippen molar-refractivity contribution in [2.45, 2.75) is 0 Å². The van der Waals surface area contributed by atoms with Gasteiger partial charge in [-0.15, -0.1) is 0 Å².